The molecule has 1 amide bonds. The van der Waals surface area contributed by atoms with E-state index in [4.69, 9.17) is 10.6 Å². The number of hydrogen-bond acceptors (Lipinski definition) is 8. The minimum Gasteiger partial charge on any atom is -0.395 e. The molecule has 2 fully saturated rings. The second-order valence-corrected chi connectivity index (χ2v) is 9.98. The van der Waals surface area contributed by atoms with Crippen LogP contribution in [0.3, 0.4) is 0 Å². The van der Waals surface area contributed by atoms with Gasteiger partial charge in [0.05, 0.1) is 5.69 Å². The molecular weight excluding hydrogens is 442 g/mol. The van der Waals surface area contributed by atoms with E-state index in [9.17, 15) is 4.79 Å². The molecule has 0 radical (unpaired) electrons. The highest BCUT2D eigenvalue weighted by Crippen LogP contribution is 2.26. The minimum atomic E-state index is 0.101. The third-order valence-corrected chi connectivity index (χ3v) is 6.76. The first-order valence-electron chi connectivity index (χ1n) is 12.7. The lowest BCUT2D eigenvalue weighted by atomic mass is 9.88. The summed E-state index contributed by atoms with van der Waals surface area (Å²) in [6, 6.07) is 5.87. The van der Waals surface area contributed by atoms with Crippen molar-refractivity contribution >= 4 is 17.6 Å². The van der Waals surface area contributed by atoms with Gasteiger partial charge in [0.1, 0.15) is 12.3 Å². The number of aromatic nitrogens is 3. The van der Waals surface area contributed by atoms with Crippen LogP contribution in [0.4, 0.5) is 5.95 Å². The fraction of sp³-hybridized carbons (Fsp3) is 0.577. The Hall–Kier alpha value is -3.07. The average molecular weight is 480 g/mol. The van der Waals surface area contributed by atoms with E-state index in [1.165, 1.54) is 0 Å². The SMILES string of the molecule is CC(C)CO/N=C(\c1ccccn1)C1CCN(C(=O)C2CCN(Cc3cnc(N)nc3)CC2)CC1. The average Bonchev–Trinajstić information content (AvgIpc) is 2.89. The lowest BCUT2D eigenvalue weighted by Crippen LogP contribution is -2.46. The second kappa shape index (κ2) is 12.1. The highest BCUT2D eigenvalue weighted by atomic mass is 16.6. The van der Waals surface area contributed by atoms with E-state index < -0.39 is 0 Å². The van der Waals surface area contributed by atoms with Crippen molar-refractivity contribution in [2.45, 2.75) is 46.1 Å². The molecule has 0 atom stereocenters. The molecule has 2 aromatic heterocycles. The molecule has 2 N–H and O–H groups in total. The maximum atomic E-state index is 13.3. The van der Waals surface area contributed by atoms with Crippen LogP contribution in [0.25, 0.3) is 0 Å². The highest BCUT2D eigenvalue weighted by molar-refractivity contribution is 6.00. The van der Waals surface area contributed by atoms with E-state index in [0.717, 1.165) is 75.4 Å². The molecule has 4 rings (SSSR count). The van der Waals surface area contributed by atoms with E-state index in [2.05, 4.69) is 43.8 Å². The Balaban J connectivity index is 1.28. The first-order chi connectivity index (χ1) is 17.0. The normalized spacial score (nSPS) is 18.7. The van der Waals surface area contributed by atoms with Gasteiger partial charge in [0.2, 0.25) is 11.9 Å². The Morgan fingerprint density at radius 1 is 1.06 bits per heavy atom. The number of pyridine rings is 1. The fourth-order valence-corrected chi connectivity index (χ4v) is 4.77. The van der Waals surface area contributed by atoms with Crippen molar-refractivity contribution in [3.05, 3.63) is 48.0 Å². The number of hydrogen-bond donors (Lipinski definition) is 1. The summed E-state index contributed by atoms with van der Waals surface area (Å²) in [5.41, 5.74) is 8.39. The van der Waals surface area contributed by atoms with Gasteiger partial charge in [-0.3, -0.25) is 14.7 Å². The van der Waals surface area contributed by atoms with Crippen molar-refractivity contribution in [2.75, 3.05) is 38.5 Å². The molecule has 9 nitrogen and oxygen atoms in total. The number of piperidine rings is 2. The number of carbonyl (C=O) groups excluding carboxylic acids is 1. The summed E-state index contributed by atoms with van der Waals surface area (Å²) in [5, 5.41) is 4.49. The monoisotopic (exact) mass is 479 g/mol. The quantitative estimate of drug-likeness (QED) is 0.458. The van der Waals surface area contributed by atoms with Crippen molar-refractivity contribution in [1.82, 2.24) is 24.8 Å². The van der Waals surface area contributed by atoms with Crippen LogP contribution in [-0.2, 0) is 16.2 Å². The molecule has 4 heterocycles. The molecule has 0 spiro atoms. The molecule has 0 unspecified atom stereocenters. The molecule has 35 heavy (non-hydrogen) atoms. The lowest BCUT2D eigenvalue weighted by molar-refractivity contribution is -0.138. The number of rotatable bonds is 8. The Kier molecular flexibility index (Phi) is 8.63. The minimum absolute atomic E-state index is 0.101. The van der Waals surface area contributed by atoms with E-state index in [1.807, 2.05) is 18.2 Å². The van der Waals surface area contributed by atoms with Crippen LogP contribution in [0.1, 0.15) is 50.8 Å². The number of amides is 1. The van der Waals surface area contributed by atoms with Gasteiger partial charge in [0.25, 0.3) is 0 Å². The summed E-state index contributed by atoms with van der Waals surface area (Å²) in [5.74, 6) is 1.35. The van der Waals surface area contributed by atoms with Crippen LogP contribution in [0.5, 0.6) is 0 Å². The van der Waals surface area contributed by atoms with E-state index >= 15 is 0 Å². The Morgan fingerprint density at radius 3 is 2.37 bits per heavy atom. The lowest BCUT2D eigenvalue weighted by Gasteiger charge is -2.37. The summed E-state index contributed by atoms with van der Waals surface area (Å²) in [7, 11) is 0. The van der Waals surface area contributed by atoms with Crippen LogP contribution in [-0.4, -0.2) is 69.2 Å². The molecule has 0 aromatic carbocycles. The summed E-state index contributed by atoms with van der Waals surface area (Å²) in [6.07, 6.45) is 8.87. The van der Waals surface area contributed by atoms with Gasteiger partial charge in [-0.1, -0.05) is 25.1 Å². The van der Waals surface area contributed by atoms with Crippen molar-refractivity contribution < 1.29 is 9.63 Å². The first-order valence-corrected chi connectivity index (χ1v) is 12.7. The fourth-order valence-electron chi connectivity index (χ4n) is 4.77. The molecule has 2 aromatic rings. The van der Waals surface area contributed by atoms with Gasteiger partial charge in [-0.05, 0) is 56.8 Å². The van der Waals surface area contributed by atoms with Gasteiger partial charge < -0.3 is 15.5 Å². The zero-order chi connectivity index (χ0) is 24.6. The Morgan fingerprint density at radius 2 is 1.74 bits per heavy atom. The zero-order valence-corrected chi connectivity index (χ0v) is 20.8. The highest BCUT2D eigenvalue weighted by Gasteiger charge is 2.32. The Labute approximate surface area is 207 Å². The molecule has 0 bridgehead atoms. The van der Waals surface area contributed by atoms with Gasteiger partial charge in [0.15, 0.2) is 0 Å². The molecule has 2 aliphatic rings. The first kappa shape index (κ1) is 25.0. The molecular formula is C26H37N7O2. The topological polar surface area (TPSA) is 110 Å². The summed E-state index contributed by atoms with van der Waals surface area (Å²) in [4.78, 5) is 36.0. The molecule has 0 aliphatic carbocycles. The maximum Gasteiger partial charge on any atom is 0.225 e. The van der Waals surface area contributed by atoms with Crippen LogP contribution < -0.4 is 5.73 Å². The second-order valence-electron chi connectivity index (χ2n) is 9.98. The van der Waals surface area contributed by atoms with Crippen molar-refractivity contribution in [1.29, 1.82) is 0 Å². The predicted octanol–water partition coefficient (Wildman–Crippen LogP) is 2.98. The van der Waals surface area contributed by atoms with Crippen molar-refractivity contribution in [3.63, 3.8) is 0 Å². The molecule has 2 aliphatic heterocycles. The van der Waals surface area contributed by atoms with Gasteiger partial charge in [-0.2, -0.15) is 0 Å². The molecule has 2 saturated heterocycles. The smallest absolute Gasteiger partial charge is 0.225 e. The van der Waals surface area contributed by atoms with E-state index in [-0.39, 0.29) is 11.8 Å². The number of nitrogens with zero attached hydrogens (tertiary/aromatic N) is 6. The van der Waals surface area contributed by atoms with E-state index in [0.29, 0.717) is 24.4 Å². The molecule has 9 heteroatoms. The molecule has 188 valence electrons. The third kappa shape index (κ3) is 6.97. The summed E-state index contributed by atoms with van der Waals surface area (Å²) in [6.45, 7) is 8.90. The standard InChI is InChI=1S/C26H37N7O2/c1-19(2)18-35-31-24(23-5-3-4-10-28-23)21-8-13-33(14-9-21)25(34)22-6-11-32(12-7-22)17-20-15-29-26(27)30-16-20/h3-5,10,15-16,19,21-22H,6-9,11-14,17-18H2,1-2H3,(H2,27,29,30)/b31-24-. The van der Waals surface area contributed by atoms with Crippen molar-refractivity contribution in [2.24, 2.45) is 22.9 Å². The number of nitrogens with two attached hydrogens (primary N) is 1. The largest absolute Gasteiger partial charge is 0.395 e. The van der Waals surface area contributed by atoms with Crippen LogP contribution in [0.15, 0.2) is 41.9 Å². The number of anilines is 1. The number of nitrogen functional groups attached to an aromatic ring is 1. The predicted molar refractivity (Wildman–Crippen MR) is 135 cm³/mol. The molecule has 0 saturated carbocycles. The van der Waals surface area contributed by atoms with Gasteiger partial charge in [0, 0.05) is 55.6 Å². The third-order valence-electron chi connectivity index (χ3n) is 6.76. The number of oxime groups is 1. The number of carbonyl (C=O) groups is 1. The van der Waals surface area contributed by atoms with Crippen LogP contribution in [0, 0.1) is 17.8 Å². The van der Waals surface area contributed by atoms with Crippen LogP contribution in [0.2, 0.25) is 0 Å². The van der Waals surface area contributed by atoms with Crippen molar-refractivity contribution in [3.8, 4) is 0 Å². The van der Waals surface area contributed by atoms with Gasteiger partial charge in [-0.25, -0.2) is 9.97 Å². The summed E-state index contributed by atoms with van der Waals surface area (Å²) < 4.78 is 0. The number of likely N-dealkylation sites (tertiary alicyclic amines) is 2. The zero-order valence-electron chi connectivity index (χ0n) is 20.8. The van der Waals surface area contributed by atoms with Gasteiger partial charge >= 0.3 is 0 Å². The van der Waals surface area contributed by atoms with Crippen LogP contribution >= 0.6 is 0 Å². The van der Waals surface area contributed by atoms with E-state index in [1.54, 1.807) is 18.6 Å². The Bertz CT molecular complexity index is 965. The van der Waals surface area contributed by atoms with Gasteiger partial charge in [-0.15, -0.1) is 0 Å². The summed E-state index contributed by atoms with van der Waals surface area (Å²) >= 11 is 0. The maximum absolute atomic E-state index is 13.3.